The standard InChI is InChI=1S/C14H16N2O2/c1-9-7-11(8-15-10(2)14(17)18)12-5-3-4-6-13(12)16-9/h3-7,10,15H,8H2,1-2H3,(H,17,18)/t10-/m0/s1. The van der Waals surface area contributed by atoms with Gasteiger partial charge in [-0.3, -0.25) is 9.78 Å². The van der Waals surface area contributed by atoms with Crippen LogP contribution in [0.2, 0.25) is 0 Å². The molecule has 0 aliphatic carbocycles. The average molecular weight is 244 g/mol. The molecule has 0 aliphatic heterocycles. The largest absolute Gasteiger partial charge is 0.480 e. The van der Waals surface area contributed by atoms with Gasteiger partial charge >= 0.3 is 5.97 Å². The summed E-state index contributed by atoms with van der Waals surface area (Å²) in [6, 6.07) is 9.31. The van der Waals surface area contributed by atoms with Gasteiger partial charge in [0.15, 0.2) is 0 Å². The third-order valence-electron chi connectivity index (χ3n) is 2.90. The van der Waals surface area contributed by atoms with Crippen LogP contribution in [0.15, 0.2) is 30.3 Å². The molecular formula is C14H16N2O2. The quantitative estimate of drug-likeness (QED) is 0.864. The van der Waals surface area contributed by atoms with Crippen molar-refractivity contribution in [1.82, 2.24) is 10.3 Å². The molecule has 0 saturated carbocycles. The Hall–Kier alpha value is -1.94. The topological polar surface area (TPSA) is 62.2 Å². The maximum absolute atomic E-state index is 10.8. The van der Waals surface area contributed by atoms with E-state index in [0.29, 0.717) is 6.54 Å². The summed E-state index contributed by atoms with van der Waals surface area (Å²) in [5.41, 5.74) is 2.96. The third kappa shape index (κ3) is 2.65. The van der Waals surface area contributed by atoms with Crippen LogP contribution in [0, 0.1) is 6.92 Å². The fourth-order valence-corrected chi connectivity index (χ4v) is 1.89. The summed E-state index contributed by atoms with van der Waals surface area (Å²) in [6.45, 7) is 4.10. The van der Waals surface area contributed by atoms with Gasteiger partial charge in [-0.05, 0) is 31.5 Å². The number of pyridine rings is 1. The van der Waals surface area contributed by atoms with Crippen molar-refractivity contribution in [2.75, 3.05) is 0 Å². The fraction of sp³-hybridized carbons (Fsp3) is 0.286. The van der Waals surface area contributed by atoms with E-state index in [1.165, 1.54) is 0 Å². The first-order chi connectivity index (χ1) is 8.58. The molecule has 4 nitrogen and oxygen atoms in total. The summed E-state index contributed by atoms with van der Waals surface area (Å²) in [5, 5.41) is 12.9. The second-order valence-electron chi connectivity index (χ2n) is 4.38. The van der Waals surface area contributed by atoms with Crippen LogP contribution in [-0.2, 0) is 11.3 Å². The maximum atomic E-state index is 10.8. The lowest BCUT2D eigenvalue weighted by Crippen LogP contribution is -2.33. The molecule has 0 fully saturated rings. The van der Waals surface area contributed by atoms with E-state index < -0.39 is 12.0 Å². The maximum Gasteiger partial charge on any atom is 0.320 e. The highest BCUT2D eigenvalue weighted by Crippen LogP contribution is 2.18. The van der Waals surface area contributed by atoms with Crippen molar-refractivity contribution in [3.05, 3.63) is 41.6 Å². The Kier molecular flexibility index (Phi) is 3.58. The van der Waals surface area contributed by atoms with Gasteiger partial charge in [-0.25, -0.2) is 0 Å². The van der Waals surface area contributed by atoms with E-state index in [-0.39, 0.29) is 0 Å². The molecule has 0 saturated heterocycles. The van der Waals surface area contributed by atoms with Gasteiger partial charge in [0.25, 0.3) is 0 Å². The van der Waals surface area contributed by atoms with Gasteiger partial charge in [0.1, 0.15) is 6.04 Å². The molecule has 4 heteroatoms. The number of fused-ring (bicyclic) bond motifs is 1. The number of hydrogen-bond acceptors (Lipinski definition) is 3. The highest BCUT2D eigenvalue weighted by atomic mass is 16.4. The lowest BCUT2D eigenvalue weighted by molar-refractivity contribution is -0.139. The van der Waals surface area contributed by atoms with Gasteiger partial charge in [0.05, 0.1) is 5.52 Å². The number of rotatable bonds is 4. The van der Waals surface area contributed by atoms with Crippen molar-refractivity contribution in [2.24, 2.45) is 0 Å². The number of para-hydroxylation sites is 1. The number of aliphatic carboxylic acids is 1. The van der Waals surface area contributed by atoms with E-state index in [2.05, 4.69) is 10.3 Å². The number of nitrogens with zero attached hydrogens (tertiary/aromatic N) is 1. The van der Waals surface area contributed by atoms with Crippen LogP contribution in [0.3, 0.4) is 0 Å². The minimum absolute atomic E-state index is 0.525. The van der Waals surface area contributed by atoms with Crippen LogP contribution >= 0.6 is 0 Å². The highest BCUT2D eigenvalue weighted by molar-refractivity contribution is 5.82. The molecule has 2 rings (SSSR count). The predicted octanol–water partition coefficient (Wildman–Crippen LogP) is 2.11. The number of carboxylic acid groups (broad SMARTS) is 1. The molecule has 1 aromatic carbocycles. The van der Waals surface area contributed by atoms with E-state index in [1.807, 2.05) is 37.3 Å². The summed E-state index contributed by atoms with van der Waals surface area (Å²) in [5.74, 6) is -0.843. The fourth-order valence-electron chi connectivity index (χ4n) is 1.89. The Labute approximate surface area is 106 Å². The van der Waals surface area contributed by atoms with Crippen molar-refractivity contribution < 1.29 is 9.90 Å². The molecule has 18 heavy (non-hydrogen) atoms. The Morgan fingerprint density at radius 1 is 1.44 bits per heavy atom. The van der Waals surface area contributed by atoms with Gasteiger partial charge in [-0.1, -0.05) is 18.2 Å². The van der Waals surface area contributed by atoms with E-state index in [0.717, 1.165) is 22.2 Å². The number of nitrogens with one attached hydrogen (secondary N) is 1. The van der Waals surface area contributed by atoms with Crippen LogP contribution in [0.5, 0.6) is 0 Å². The smallest absolute Gasteiger partial charge is 0.320 e. The highest BCUT2D eigenvalue weighted by Gasteiger charge is 2.10. The van der Waals surface area contributed by atoms with Crippen LogP contribution in [0.1, 0.15) is 18.2 Å². The van der Waals surface area contributed by atoms with E-state index in [4.69, 9.17) is 5.11 Å². The zero-order chi connectivity index (χ0) is 13.1. The zero-order valence-electron chi connectivity index (χ0n) is 10.5. The molecule has 0 bridgehead atoms. The normalized spacial score (nSPS) is 12.6. The first kappa shape index (κ1) is 12.5. The molecule has 0 aliphatic rings. The molecular weight excluding hydrogens is 228 g/mol. The lowest BCUT2D eigenvalue weighted by Gasteiger charge is -2.11. The Morgan fingerprint density at radius 3 is 2.89 bits per heavy atom. The molecule has 1 atom stereocenters. The first-order valence-corrected chi connectivity index (χ1v) is 5.89. The number of hydrogen-bond donors (Lipinski definition) is 2. The van der Waals surface area contributed by atoms with Gasteiger partial charge in [-0.15, -0.1) is 0 Å². The monoisotopic (exact) mass is 244 g/mol. The molecule has 1 heterocycles. The number of aryl methyl sites for hydroxylation is 1. The minimum atomic E-state index is -0.843. The molecule has 2 N–H and O–H groups in total. The summed E-state index contributed by atoms with van der Waals surface area (Å²) < 4.78 is 0. The molecule has 2 aromatic rings. The van der Waals surface area contributed by atoms with Gasteiger partial charge in [0, 0.05) is 17.6 Å². The molecule has 1 aromatic heterocycles. The van der Waals surface area contributed by atoms with Gasteiger partial charge < -0.3 is 10.4 Å². The van der Waals surface area contributed by atoms with Gasteiger partial charge in [0.2, 0.25) is 0 Å². The van der Waals surface area contributed by atoms with Crippen LogP contribution in [-0.4, -0.2) is 22.1 Å². The minimum Gasteiger partial charge on any atom is -0.480 e. The van der Waals surface area contributed by atoms with Crippen molar-refractivity contribution in [1.29, 1.82) is 0 Å². The lowest BCUT2D eigenvalue weighted by atomic mass is 10.1. The Bertz CT molecular complexity index is 581. The summed E-state index contributed by atoms with van der Waals surface area (Å²) in [7, 11) is 0. The van der Waals surface area contributed by atoms with Crippen molar-refractivity contribution in [2.45, 2.75) is 26.4 Å². The second-order valence-corrected chi connectivity index (χ2v) is 4.38. The van der Waals surface area contributed by atoms with E-state index >= 15 is 0 Å². The molecule has 94 valence electrons. The van der Waals surface area contributed by atoms with E-state index in [1.54, 1.807) is 6.92 Å². The Balaban J connectivity index is 2.29. The predicted molar refractivity (Wildman–Crippen MR) is 70.4 cm³/mol. The van der Waals surface area contributed by atoms with Crippen LogP contribution in [0.4, 0.5) is 0 Å². The summed E-state index contributed by atoms with van der Waals surface area (Å²) in [6.07, 6.45) is 0. The SMILES string of the molecule is Cc1cc(CN[C@@H](C)C(=O)O)c2ccccc2n1. The number of aromatic nitrogens is 1. The third-order valence-corrected chi connectivity index (χ3v) is 2.90. The molecule has 0 amide bonds. The first-order valence-electron chi connectivity index (χ1n) is 5.89. The second kappa shape index (κ2) is 5.14. The summed E-state index contributed by atoms with van der Waals surface area (Å²) in [4.78, 5) is 15.2. The zero-order valence-corrected chi connectivity index (χ0v) is 10.5. The number of benzene rings is 1. The average Bonchev–Trinajstić information content (AvgIpc) is 2.35. The number of carboxylic acids is 1. The molecule has 0 spiro atoms. The van der Waals surface area contributed by atoms with Crippen molar-refractivity contribution in [3.8, 4) is 0 Å². The summed E-state index contributed by atoms with van der Waals surface area (Å²) >= 11 is 0. The van der Waals surface area contributed by atoms with Crippen LogP contribution in [0.25, 0.3) is 10.9 Å². The molecule has 0 unspecified atom stereocenters. The Morgan fingerprint density at radius 2 is 2.17 bits per heavy atom. The number of carbonyl (C=O) groups is 1. The van der Waals surface area contributed by atoms with Crippen molar-refractivity contribution in [3.63, 3.8) is 0 Å². The molecule has 0 radical (unpaired) electrons. The van der Waals surface area contributed by atoms with E-state index in [9.17, 15) is 4.79 Å². The van der Waals surface area contributed by atoms with Crippen molar-refractivity contribution >= 4 is 16.9 Å². The van der Waals surface area contributed by atoms with Crippen LogP contribution < -0.4 is 5.32 Å². The van der Waals surface area contributed by atoms with Gasteiger partial charge in [-0.2, -0.15) is 0 Å².